The van der Waals surface area contributed by atoms with Gasteiger partial charge in [0.2, 0.25) is 15.9 Å². The van der Waals surface area contributed by atoms with Crippen LogP contribution in [0.4, 0.5) is 5.69 Å². The van der Waals surface area contributed by atoms with Crippen molar-refractivity contribution in [2.24, 2.45) is 0 Å². The maximum absolute atomic E-state index is 13.4. The number of fused-ring (bicyclic) bond motifs is 1. The first-order valence-electron chi connectivity index (χ1n) is 12.2. The maximum Gasteiger partial charge on any atom is 0.262 e. The molecular weight excluding hydrogens is 508 g/mol. The standard InChI is InChI=1S/C27H30N4O6S/c1-16-12-22(38(36,37)30-11-10-28-18(3)32)15-29-26(16)20-6-9-24-19(13-20)5-4-17(2)31(24)27(35)23-8-7-21(33)14-25(23)34/h6-9,12-15,17,30,33-34H,4-5,10-11H2,1-3H3,(H,28,32)/t17-/m0/s1. The second kappa shape index (κ2) is 10.8. The molecule has 0 fully saturated rings. The first-order chi connectivity index (χ1) is 18.0. The summed E-state index contributed by atoms with van der Waals surface area (Å²) in [5.41, 5.74) is 3.85. The summed E-state index contributed by atoms with van der Waals surface area (Å²) in [4.78, 5) is 30.4. The highest BCUT2D eigenvalue weighted by atomic mass is 32.2. The lowest BCUT2D eigenvalue weighted by Crippen LogP contribution is -2.42. The molecule has 3 aromatic rings. The molecule has 0 saturated heterocycles. The SMILES string of the molecule is CC(=O)NCCNS(=O)(=O)c1cnc(-c2ccc3c(c2)CC[C@H](C)N3C(=O)c2ccc(O)cc2O)c(C)c1. The number of hydrogen-bond donors (Lipinski definition) is 4. The number of nitrogens with zero attached hydrogens (tertiary/aromatic N) is 2. The van der Waals surface area contributed by atoms with Crippen LogP contribution in [0.3, 0.4) is 0 Å². The number of rotatable bonds is 7. The summed E-state index contributed by atoms with van der Waals surface area (Å²) in [6.07, 6.45) is 2.75. The van der Waals surface area contributed by atoms with E-state index in [0.29, 0.717) is 11.3 Å². The summed E-state index contributed by atoms with van der Waals surface area (Å²) in [6, 6.07) is 11.0. The van der Waals surface area contributed by atoms with Gasteiger partial charge in [0.05, 0.1) is 11.3 Å². The van der Waals surface area contributed by atoms with Crippen LogP contribution < -0.4 is 14.9 Å². The lowest BCUT2D eigenvalue weighted by Gasteiger charge is -2.35. The van der Waals surface area contributed by atoms with Crippen LogP contribution in [0.2, 0.25) is 0 Å². The van der Waals surface area contributed by atoms with Crippen LogP contribution in [0.1, 0.15) is 41.8 Å². The van der Waals surface area contributed by atoms with Crippen LogP contribution in [0.5, 0.6) is 11.5 Å². The highest BCUT2D eigenvalue weighted by molar-refractivity contribution is 7.89. The number of carbonyl (C=O) groups excluding carboxylic acids is 2. The van der Waals surface area contributed by atoms with E-state index in [-0.39, 0.29) is 52.9 Å². The molecule has 0 unspecified atom stereocenters. The Bertz CT molecular complexity index is 1510. The number of aromatic nitrogens is 1. The number of carbonyl (C=O) groups is 2. The van der Waals surface area contributed by atoms with Crippen molar-refractivity contribution in [2.45, 2.75) is 44.6 Å². The van der Waals surface area contributed by atoms with Gasteiger partial charge in [0.25, 0.3) is 5.91 Å². The van der Waals surface area contributed by atoms with Crippen LogP contribution in [0, 0.1) is 6.92 Å². The number of sulfonamides is 1. The van der Waals surface area contributed by atoms with Gasteiger partial charge in [-0.2, -0.15) is 0 Å². The molecular formula is C27H30N4O6S. The molecule has 0 spiro atoms. The average Bonchev–Trinajstić information content (AvgIpc) is 2.86. The molecule has 1 aliphatic heterocycles. The number of aryl methyl sites for hydroxylation is 2. The molecule has 4 N–H and O–H groups in total. The second-order valence-corrected chi connectivity index (χ2v) is 11.1. The maximum atomic E-state index is 13.4. The Morgan fingerprint density at radius 2 is 1.87 bits per heavy atom. The lowest BCUT2D eigenvalue weighted by atomic mass is 9.92. The van der Waals surface area contributed by atoms with Gasteiger partial charge in [-0.25, -0.2) is 13.1 Å². The van der Waals surface area contributed by atoms with Crippen LogP contribution in [0.25, 0.3) is 11.3 Å². The molecule has 38 heavy (non-hydrogen) atoms. The van der Waals surface area contributed by atoms with Crippen molar-refractivity contribution >= 4 is 27.5 Å². The number of benzene rings is 2. The molecule has 11 heteroatoms. The molecule has 1 aromatic heterocycles. The van der Waals surface area contributed by atoms with E-state index in [4.69, 9.17) is 0 Å². The van der Waals surface area contributed by atoms with E-state index in [2.05, 4.69) is 15.0 Å². The molecule has 1 atom stereocenters. The van der Waals surface area contributed by atoms with Gasteiger partial charge in [-0.1, -0.05) is 6.07 Å². The normalized spacial score (nSPS) is 15.1. The summed E-state index contributed by atoms with van der Waals surface area (Å²) < 4.78 is 27.7. The van der Waals surface area contributed by atoms with Crippen LogP contribution >= 0.6 is 0 Å². The number of anilines is 1. The van der Waals surface area contributed by atoms with Gasteiger partial charge in [-0.15, -0.1) is 0 Å². The minimum atomic E-state index is -3.79. The van der Waals surface area contributed by atoms with E-state index in [0.717, 1.165) is 35.7 Å². The molecule has 0 aliphatic carbocycles. The summed E-state index contributed by atoms with van der Waals surface area (Å²) >= 11 is 0. The van der Waals surface area contributed by atoms with Gasteiger partial charge >= 0.3 is 0 Å². The topological polar surface area (TPSA) is 149 Å². The van der Waals surface area contributed by atoms with Crippen molar-refractivity contribution in [3.05, 3.63) is 65.4 Å². The fraction of sp³-hybridized carbons (Fsp3) is 0.296. The van der Waals surface area contributed by atoms with E-state index in [9.17, 15) is 28.2 Å². The molecule has 200 valence electrons. The Balaban J connectivity index is 1.59. The lowest BCUT2D eigenvalue weighted by molar-refractivity contribution is -0.118. The van der Waals surface area contributed by atoms with E-state index in [1.165, 1.54) is 25.3 Å². The van der Waals surface area contributed by atoms with Crippen molar-refractivity contribution in [3.63, 3.8) is 0 Å². The van der Waals surface area contributed by atoms with Crippen LogP contribution in [0.15, 0.2) is 53.6 Å². The summed E-state index contributed by atoms with van der Waals surface area (Å²) in [5, 5.41) is 22.4. The predicted molar refractivity (Wildman–Crippen MR) is 143 cm³/mol. The average molecular weight is 539 g/mol. The quantitative estimate of drug-likeness (QED) is 0.338. The third kappa shape index (κ3) is 5.63. The fourth-order valence-electron chi connectivity index (χ4n) is 4.54. The number of aromatic hydroxyl groups is 2. The van der Waals surface area contributed by atoms with E-state index in [1.807, 2.05) is 25.1 Å². The molecule has 2 heterocycles. The van der Waals surface area contributed by atoms with Crippen LogP contribution in [-0.2, 0) is 21.2 Å². The molecule has 10 nitrogen and oxygen atoms in total. The number of nitrogens with one attached hydrogen (secondary N) is 2. The third-order valence-corrected chi connectivity index (χ3v) is 7.90. The fourth-order valence-corrected chi connectivity index (χ4v) is 5.61. The molecule has 2 aromatic carbocycles. The smallest absolute Gasteiger partial charge is 0.262 e. The van der Waals surface area contributed by atoms with Gasteiger partial charge in [0.15, 0.2) is 0 Å². The zero-order valence-corrected chi connectivity index (χ0v) is 22.2. The zero-order valence-electron chi connectivity index (χ0n) is 21.4. The minimum absolute atomic E-state index is 0.0267. The van der Waals surface area contributed by atoms with Crippen molar-refractivity contribution in [1.82, 2.24) is 15.0 Å². The number of amides is 2. The Hall–Kier alpha value is -3.96. The Morgan fingerprint density at radius 3 is 2.55 bits per heavy atom. The number of pyridine rings is 1. The van der Waals surface area contributed by atoms with Crippen molar-refractivity contribution < 1.29 is 28.2 Å². The highest BCUT2D eigenvalue weighted by Crippen LogP contribution is 2.37. The Labute approximate surface area is 221 Å². The third-order valence-electron chi connectivity index (χ3n) is 6.47. The highest BCUT2D eigenvalue weighted by Gasteiger charge is 2.31. The molecule has 0 bridgehead atoms. The summed E-state index contributed by atoms with van der Waals surface area (Å²) in [7, 11) is -3.79. The first-order valence-corrected chi connectivity index (χ1v) is 13.7. The van der Waals surface area contributed by atoms with Crippen molar-refractivity contribution in [1.29, 1.82) is 0 Å². The predicted octanol–water partition coefficient (Wildman–Crippen LogP) is 2.86. The summed E-state index contributed by atoms with van der Waals surface area (Å²) in [6.45, 7) is 5.32. The zero-order chi connectivity index (χ0) is 27.6. The van der Waals surface area contributed by atoms with Crippen LogP contribution in [-0.4, -0.2) is 54.6 Å². The van der Waals surface area contributed by atoms with Gasteiger partial charge in [0.1, 0.15) is 16.4 Å². The van der Waals surface area contributed by atoms with Gasteiger partial charge in [-0.05, 0) is 68.1 Å². The number of hydrogen-bond acceptors (Lipinski definition) is 7. The molecule has 0 saturated carbocycles. The Morgan fingerprint density at radius 1 is 1.11 bits per heavy atom. The van der Waals surface area contributed by atoms with E-state index < -0.39 is 10.0 Å². The molecule has 4 rings (SSSR count). The van der Waals surface area contributed by atoms with E-state index >= 15 is 0 Å². The van der Waals surface area contributed by atoms with Crippen molar-refractivity contribution in [2.75, 3.05) is 18.0 Å². The molecule has 2 amide bonds. The van der Waals surface area contributed by atoms with Gasteiger partial charge in [0, 0.05) is 49.6 Å². The Kier molecular flexibility index (Phi) is 7.70. The minimum Gasteiger partial charge on any atom is -0.508 e. The second-order valence-electron chi connectivity index (χ2n) is 9.33. The van der Waals surface area contributed by atoms with E-state index in [1.54, 1.807) is 17.9 Å². The monoisotopic (exact) mass is 538 g/mol. The molecule has 0 radical (unpaired) electrons. The molecule has 1 aliphatic rings. The van der Waals surface area contributed by atoms with Gasteiger partial charge < -0.3 is 20.4 Å². The number of phenolic OH excluding ortho intramolecular Hbond substituents is 2. The first kappa shape index (κ1) is 27.1. The van der Waals surface area contributed by atoms with Gasteiger partial charge in [-0.3, -0.25) is 14.6 Å². The van der Waals surface area contributed by atoms with Crippen molar-refractivity contribution in [3.8, 4) is 22.8 Å². The number of phenols is 2. The largest absolute Gasteiger partial charge is 0.508 e. The summed E-state index contributed by atoms with van der Waals surface area (Å²) in [5.74, 6) is -1.02.